The summed E-state index contributed by atoms with van der Waals surface area (Å²) < 4.78 is 2.08. The number of aromatic nitrogens is 2. The van der Waals surface area contributed by atoms with Gasteiger partial charge in [-0.1, -0.05) is 0 Å². The second kappa shape index (κ2) is 5.30. The Morgan fingerprint density at radius 2 is 2.12 bits per heavy atom. The number of imidazole rings is 1. The second-order valence-electron chi connectivity index (χ2n) is 4.64. The van der Waals surface area contributed by atoms with Crippen LogP contribution < -0.4 is 5.32 Å². The molecule has 0 amide bonds. The molecule has 1 aliphatic rings. The fourth-order valence-corrected chi connectivity index (χ4v) is 2.23. The molecular formula is C12H19N5. The fraction of sp³-hybridized carbons (Fsp3) is 0.667. The van der Waals surface area contributed by atoms with Crippen LogP contribution in [0.1, 0.15) is 31.6 Å². The molecule has 5 nitrogen and oxygen atoms in total. The van der Waals surface area contributed by atoms with Gasteiger partial charge in [-0.05, 0) is 13.8 Å². The first kappa shape index (κ1) is 12.1. The Bertz CT molecular complexity index is 397. The molecule has 0 aliphatic carbocycles. The highest BCUT2D eigenvalue weighted by Gasteiger charge is 2.25. The van der Waals surface area contributed by atoms with Crippen LogP contribution >= 0.6 is 0 Å². The maximum absolute atomic E-state index is 9.40. The molecule has 1 unspecified atom stereocenters. The van der Waals surface area contributed by atoms with Gasteiger partial charge in [0.05, 0.1) is 24.3 Å². The predicted octanol–water partition coefficient (Wildman–Crippen LogP) is 0.934. The first-order valence-electron chi connectivity index (χ1n) is 6.10. The molecule has 17 heavy (non-hydrogen) atoms. The van der Waals surface area contributed by atoms with Crippen molar-refractivity contribution < 1.29 is 0 Å². The molecule has 2 heterocycles. The van der Waals surface area contributed by atoms with Crippen LogP contribution in [-0.4, -0.2) is 40.6 Å². The zero-order valence-electron chi connectivity index (χ0n) is 10.4. The van der Waals surface area contributed by atoms with Crippen molar-refractivity contribution in [1.82, 2.24) is 19.8 Å². The molecule has 1 aromatic heterocycles. The highest BCUT2D eigenvalue weighted by Crippen LogP contribution is 2.22. The Morgan fingerprint density at radius 3 is 2.71 bits per heavy atom. The van der Waals surface area contributed by atoms with Crippen LogP contribution in [0.15, 0.2) is 12.5 Å². The molecule has 0 aromatic carbocycles. The van der Waals surface area contributed by atoms with Crippen LogP contribution in [0.3, 0.4) is 0 Å². The third-order valence-electron chi connectivity index (χ3n) is 3.17. The van der Waals surface area contributed by atoms with Crippen molar-refractivity contribution in [1.29, 1.82) is 5.26 Å². The van der Waals surface area contributed by atoms with Gasteiger partial charge in [0.25, 0.3) is 0 Å². The van der Waals surface area contributed by atoms with E-state index in [0.717, 1.165) is 31.9 Å². The first-order chi connectivity index (χ1) is 8.24. The van der Waals surface area contributed by atoms with Gasteiger partial charge in [-0.15, -0.1) is 0 Å². The first-order valence-corrected chi connectivity index (χ1v) is 6.10. The van der Waals surface area contributed by atoms with Crippen LogP contribution in [-0.2, 0) is 0 Å². The van der Waals surface area contributed by atoms with E-state index < -0.39 is 0 Å². The van der Waals surface area contributed by atoms with E-state index in [1.165, 1.54) is 0 Å². The molecular weight excluding hydrogens is 214 g/mol. The van der Waals surface area contributed by atoms with Crippen molar-refractivity contribution >= 4 is 0 Å². The SMILES string of the molecule is CC(C)n1cncc1C(C#N)N1CCNCC1. The summed E-state index contributed by atoms with van der Waals surface area (Å²) in [7, 11) is 0. The number of nitrogens with one attached hydrogen (secondary N) is 1. The van der Waals surface area contributed by atoms with Crippen molar-refractivity contribution in [2.24, 2.45) is 0 Å². The standard InChI is InChI=1S/C12H19N5/c1-10(2)17-9-15-8-12(17)11(7-13)16-5-3-14-4-6-16/h8-11,14H,3-6H2,1-2H3. The number of nitriles is 1. The van der Waals surface area contributed by atoms with E-state index in [2.05, 4.69) is 39.7 Å². The van der Waals surface area contributed by atoms with Crippen molar-refractivity contribution in [3.63, 3.8) is 0 Å². The molecule has 0 bridgehead atoms. The summed E-state index contributed by atoms with van der Waals surface area (Å²) in [5.41, 5.74) is 1.00. The summed E-state index contributed by atoms with van der Waals surface area (Å²) in [5.74, 6) is 0. The van der Waals surface area contributed by atoms with E-state index in [1.807, 2.05) is 12.5 Å². The van der Waals surface area contributed by atoms with Crippen LogP contribution in [0.25, 0.3) is 0 Å². The minimum atomic E-state index is -0.179. The van der Waals surface area contributed by atoms with Gasteiger partial charge >= 0.3 is 0 Å². The highest BCUT2D eigenvalue weighted by molar-refractivity contribution is 5.15. The Kier molecular flexibility index (Phi) is 3.77. The van der Waals surface area contributed by atoms with Gasteiger partial charge in [0.2, 0.25) is 0 Å². The van der Waals surface area contributed by atoms with E-state index in [4.69, 9.17) is 0 Å². The van der Waals surface area contributed by atoms with Crippen molar-refractivity contribution in [3.05, 3.63) is 18.2 Å². The van der Waals surface area contributed by atoms with Crippen molar-refractivity contribution in [2.45, 2.75) is 25.9 Å². The van der Waals surface area contributed by atoms with Crippen molar-refractivity contribution in [2.75, 3.05) is 26.2 Å². The average Bonchev–Trinajstić information content (AvgIpc) is 2.81. The number of piperazine rings is 1. The molecule has 0 radical (unpaired) electrons. The third kappa shape index (κ3) is 2.48. The normalized spacial score (nSPS) is 19.2. The van der Waals surface area contributed by atoms with Gasteiger partial charge in [-0.25, -0.2) is 4.98 Å². The van der Waals surface area contributed by atoms with Crippen LogP contribution in [0.2, 0.25) is 0 Å². The van der Waals surface area contributed by atoms with Gasteiger partial charge in [0, 0.05) is 32.2 Å². The molecule has 1 fully saturated rings. The largest absolute Gasteiger partial charge is 0.330 e. The third-order valence-corrected chi connectivity index (χ3v) is 3.17. The fourth-order valence-electron chi connectivity index (χ4n) is 2.23. The number of hydrogen-bond donors (Lipinski definition) is 1. The lowest BCUT2D eigenvalue weighted by atomic mass is 10.1. The lowest BCUT2D eigenvalue weighted by Crippen LogP contribution is -2.45. The van der Waals surface area contributed by atoms with E-state index >= 15 is 0 Å². The molecule has 1 aliphatic heterocycles. The Labute approximate surface area is 102 Å². The van der Waals surface area contributed by atoms with E-state index in [9.17, 15) is 5.26 Å². The molecule has 1 N–H and O–H groups in total. The minimum Gasteiger partial charge on any atom is -0.330 e. The summed E-state index contributed by atoms with van der Waals surface area (Å²) in [6, 6.07) is 2.57. The Balaban J connectivity index is 2.22. The topological polar surface area (TPSA) is 56.9 Å². The predicted molar refractivity (Wildman–Crippen MR) is 65.4 cm³/mol. The average molecular weight is 233 g/mol. The lowest BCUT2D eigenvalue weighted by molar-refractivity contribution is 0.200. The van der Waals surface area contributed by atoms with E-state index in [-0.39, 0.29) is 6.04 Å². The Morgan fingerprint density at radius 1 is 1.41 bits per heavy atom. The zero-order chi connectivity index (χ0) is 12.3. The smallest absolute Gasteiger partial charge is 0.140 e. The molecule has 1 atom stereocenters. The molecule has 1 saturated heterocycles. The number of rotatable bonds is 3. The van der Waals surface area contributed by atoms with E-state index in [0.29, 0.717) is 6.04 Å². The summed E-state index contributed by atoms with van der Waals surface area (Å²) in [5, 5.41) is 12.7. The molecule has 92 valence electrons. The zero-order valence-corrected chi connectivity index (χ0v) is 10.4. The quantitative estimate of drug-likeness (QED) is 0.844. The summed E-state index contributed by atoms with van der Waals surface area (Å²) in [4.78, 5) is 6.39. The van der Waals surface area contributed by atoms with Gasteiger partial charge in [0.1, 0.15) is 6.04 Å². The molecule has 0 saturated carbocycles. The van der Waals surface area contributed by atoms with E-state index in [1.54, 1.807) is 0 Å². The van der Waals surface area contributed by atoms with Crippen LogP contribution in [0, 0.1) is 11.3 Å². The second-order valence-corrected chi connectivity index (χ2v) is 4.64. The minimum absolute atomic E-state index is 0.179. The lowest BCUT2D eigenvalue weighted by Gasteiger charge is -2.31. The molecule has 2 rings (SSSR count). The van der Waals surface area contributed by atoms with Crippen LogP contribution in [0.4, 0.5) is 0 Å². The molecule has 1 aromatic rings. The maximum Gasteiger partial charge on any atom is 0.140 e. The van der Waals surface area contributed by atoms with Gasteiger partial charge in [-0.2, -0.15) is 5.26 Å². The van der Waals surface area contributed by atoms with Gasteiger partial charge in [0.15, 0.2) is 0 Å². The summed E-state index contributed by atoms with van der Waals surface area (Å²) in [6.07, 6.45) is 3.63. The monoisotopic (exact) mass is 233 g/mol. The summed E-state index contributed by atoms with van der Waals surface area (Å²) in [6.45, 7) is 7.96. The number of hydrogen-bond acceptors (Lipinski definition) is 4. The van der Waals surface area contributed by atoms with Crippen molar-refractivity contribution in [3.8, 4) is 6.07 Å². The van der Waals surface area contributed by atoms with Gasteiger partial charge in [-0.3, -0.25) is 4.90 Å². The summed E-state index contributed by atoms with van der Waals surface area (Å²) >= 11 is 0. The molecule has 0 spiro atoms. The van der Waals surface area contributed by atoms with Gasteiger partial charge < -0.3 is 9.88 Å². The maximum atomic E-state index is 9.40. The highest BCUT2D eigenvalue weighted by atomic mass is 15.2. The Hall–Kier alpha value is -1.38. The number of nitrogens with zero attached hydrogens (tertiary/aromatic N) is 4. The molecule has 5 heteroatoms. The van der Waals surface area contributed by atoms with Crippen LogP contribution in [0.5, 0.6) is 0 Å².